The van der Waals surface area contributed by atoms with Crippen LogP contribution in [0.15, 0.2) is 54.6 Å². The topological polar surface area (TPSA) is 63.8 Å². The van der Waals surface area contributed by atoms with Gasteiger partial charge in [0.05, 0.1) is 11.6 Å². The van der Waals surface area contributed by atoms with E-state index >= 15 is 0 Å². The molecule has 94 valence electrons. The largest absolute Gasteiger partial charge is 0.307 e. The highest BCUT2D eigenvalue weighted by molar-refractivity contribution is 8.12. The number of nitrogens with zero attached hydrogens (tertiary/aromatic N) is 1. The van der Waals surface area contributed by atoms with Crippen molar-refractivity contribution in [3.05, 3.63) is 65.7 Å². The van der Waals surface area contributed by atoms with Crippen molar-refractivity contribution in [3.8, 4) is 6.07 Å². The maximum Gasteiger partial charge on any atom is 0.307 e. The quantitative estimate of drug-likeness (QED) is 0.655. The number of hydrogen-bond acceptors (Lipinski definition) is 2. The van der Waals surface area contributed by atoms with Crippen LogP contribution in [0.2, 0.25) is 0 Å². The summed E-state index contributed by atoms with van der Waals surface area (Å²) in [4.78, 5) is 3.14. The summed E-state index contributed by atoms with van der Waals surface area (Å²) < 4.78 is 0. The van der Waals surface area contributed by atoms with Gasteiger partial charge in [-0.2, -0.15) is 5.26 Å². The molecule has 3 nitrogen and oxygen atoms in total. The van der Waals surface area contributed by atoms with E-state index in [0.717, 1.165) is 17.0 Å². The molecule has 0 aliphatic heterocycles. The molecule has 0 aromatic heterocycles. The minimum absolute atomic E-state index is 0.663. The molecule has 0 aliphatic carbocycles. The summed E-state index contributed by atoms with van der Waals surface area (Å²) in [7, 11) is 0. The molecule has 2 aromatic carbocycles. The van der Waals surface area contributed by atoms with Gasteiger partial charge in [0.2, 0.25) is 0 Å². The lowest BCUT2D eigenvalue weighted by Gasteiger charge is -1.98. The van der Waals surface area contributed by atoms with Gasteiger partial charge in [-0.05, 0) is 41.6 Å². The highest BCUT2D eigenvalue weighted by Crippen LogP contribution is 2.11. The van der Waals surface area contributed by atoms with Crippen molar-refractivity contribution in [2.75, 3.05) is 0 Å². The van der Waals surface area contributed by atoms with Crippen LogP contribution in [0.1, 0.15) is 11.1 Å². The maximum atomic E-state index is 8.72. The summed E-state index contributed by atoms with van der Waals surface area (Å²) in [6.45, 7) is 0. The molecule has 0 spiro atoms. The molecule has 0 bridgehead atoms. The van der Waals surface area contributed by atoms with Crippen LogP contribution in [0.3, 0.4) is 0 Å². The van der Waals surface area contributed by atoms with Crippen molar-refractivity contribution in [1.82, 2.24) is 0 Å². The number of rotatable bonds is 3. The Hall–Kier alpha value is -2.25. The Kier molecular flexibility index (Phi) is 4.60. The number of nitriles is 1. The fourth-order valence-electron chi connectivity index (χ4n) is 1.54. The Bertz CT molecular complexity index is 598. The Morgan fingerprint density at radius 1 is 1.11 bits per heavy atom. The van der Waals surface area contributed by atoms with Crippen LogP contribution in [0, 0.1) is 11.3 Å². The third kappa shape index (κ3) is 4.16. The van der Waals surface area contributed by atoms with Gasteiger partial charge in [0, 0.05) is 5.75 Å². The van der Waals surface area contributed by atoms with Crippen LogP contribution in [0.5, 0.6) is 0 Å². The maximum absolute atomic E-state index is 8.72. The number of para-hydroxylation sites is 1. The first-order chi connectivity index (χ1) is 9.28. The number of thioether (sulfide) groups is 1. The van der Waals surface area contributed by atoms with E-state index in [0.29, 0.717) is 10.7 Å². The first kappa shape index (κ1) is 13.2. The Labute approximate surface area is 116 Å². The first-order valence-corrected chi connectivity index (χ1v) is 6.83. The van der Waals surface area contributed by atoms with Crippen molar-refractivity contribution in [1.29, 1.82) is 5.26 Å². The molecule has 0 saturated heterocycles. The summed E-state index contributed by atoms with van der Waals surface area (Å²) in [5.74, 6) is 0.775. The average molecular weight is 268 g/mol. The summed E-state index contributed by atoms with van der Waals surface area (Å²) in [5.41, 5.74) is 8.72. The predicted molar refractivity (Wildman–Crippen MR) is 78.7 cm³/mol. The lowest BCUT2D eigenvalue weighted by Crippen LogP contribution is -2.68. The van der Waals surface area contributed by atoms with Crippen molar-refractivity contribution in [2.45, 2.75) is 5.75 Å². The predicted octanol–water partition coefficient (Wildman–Crippen LogP) is 1.52. The van der Waals surface area contributed by atoms with Crippen LogP contribution >= 0.6 is 11.8 Å². The molecule has 3 N–H and O–H groups in total. The summed E-state index contributed by atoms with van der Waals surface area (Å²) in [6.07, 6.45) is 0. The van der Waals surface area contributed by atoms with Gasteiger partial charge in [-0.1, -0.05) is 30.3 Å². The molecule has 0 heterocycles. The second kappa shape index (κ2) is 6.62. The van der Waals surface area contributed by atoms with E-state index in [-0.39, 0.29) is 0 Å². The molecule has 0 unspecified atom stereocenters. The third-order valence-electron chi connectivity index (χ3n) is 2.52. The van der Waals surface area contributed by atoms with Gasteiger partial charge < -0.3 is 0 Å². The van der Waals surface area contributed by atoms with Crippen LogP contribution in [-0.4, -0.2) is 5.17 Å². The van der Waals surface area contributed by atoms with Gasteiger partial charge in [-0.25, -0.2) is 4.99 Å². The highest BCUT2D eigenvalue weighted by atomic mass is 32.2. The van der Waals surface area contributed by atoms with Crippen LogP contribution < -0.4 is 10.7 Å². The van der Waals surface area contributed by atoms with E-state index in [1.165, 1.54) is 11.8 Å². The summed E-state index contributed by atoms with van der Waals surface area (Å²) in [5, 5.41) is 9.38. The molecule has 2 aromatic rings. The van der Waals surface area contributed by atoms with Crippen molar-refractivity contribution >= 4 is 22.6 Å². The standard InChI is InChI=1S/C15H13N3S/c16-10-12-6-8-13(9-7-12)11-19-15(17)18-14-4-2-1-3-5-14/h1-9H,11H2,(H2,17,18)/p+1. The Morgan fingerprint density at radius 2 is 1.79 bits per heavy atom. The fourth-order valence-corrected chi connectivity index (χ4v) is 2.24. The van der Waals surface area contributed by atoms with Gasteiger partial charge in [0.15, 0.2) is 0 Å². The van der Waals surface area contributed by atoms with Crippen LogP contribution in [-0.2, 0) is 5.75 Å². The molecule has 0 amide bonds. The minimum Gasteiger partial charge on any atom is -0.281 e. The van der Waals surface area contributed by atoms with Gasteiger partial charge in [-0.3, -0.25) is 5.73 Å². The lowest BCUT2D eigenvalue weighted by molar-refractivity contribution is -0.351. The molecule has 0 aliphatic rings. The summed E-state index contributed by atoms with van der Waals surface area (Å²) >= 11 is 1.54. The van der Waals surface area contributed by atoms with E-state index in [9.17, 15) is 0 Å². The van der Waals surface area contributed by atoms with Crippen LogP contribution in [0.4, 0.5) is 5.69 Å². The molecule has 0 saturated carbocycles. The number of benzene rings is 2. The van der Waals surface area contributed by atoms with Crippen LogP contribution in [0.25, 0.3) is 0 Å². The van der Waals surface area contributed by atoms with E-state index in [1.54, 1.807) is 0 Å². The molecule has 0 atom stereocenters. The van der Waals surface area contributed by atoms with Gasteiger partial charge in [0.1, 0.15) is 5.69 Å². The SMILES string of the molecule is N#Cc1ccc(CSC(N)=[NH+]c2ccccc2)cc1. The second-order valence-electron chi connectivity index (χ2n) is 3.95. The average Bonchev–Trinajstić information content (AvgIpc) is 2.47. The van der Waals surface area contributed by atoms with E-state index in [4.69, 9.17) is 11.0 Å². The minimum atomic E-state index is 0.663. The second-order valence-corrected chi connectivity index (χ2v) is 4.97. The van der Waals surface area contributed by atoms with Crippen molar-refractivity contribution in [3.63, 3.8) is 0 Å². The summed E-state index contributed by atoms with van der Waals surface area (Å²) in [6, 6.07) is 19.4. The Morgan fingerprint density at radius 3 is 2.42 bits per heavy atom. The number of hydrogen-bond donors (Lipinski definition) is 2. The van der Waals surface area contributed by atoms with Gasteiger partial charge >= 0.3 is 5.17 Å². The van der Waals surface area contributed by atoms with Gasteiger partial charge in [0.25, 0.3) is 0 Å². The van der Waals surface area contributed by atoms with E-state index < -0.39 is 0 Å². The van der Waals surface area contributed by atoms with E-state index in [1.807, 2.05) is 54.6 Å². The molecule has 4 heteroatoms. The zero-order valence-electron chi connectivity index (χ0n) is 10.3. The number of nitrogens with two attached hydrogens (primary N) is 1. The fraction of sp³-hybridized carbons (Fsp3) is 0.0667. The smallest absolute Gasteiger partial charge is 0.281 e. The monoisotopic (exact) mass is 268 g/mol. The third-order valence-corrected chi connectivity index (χ3v) is 3.41. The zero-order valence-corrected chi connectivity index (χ0v) is 11.2. The van der Waals surface area contributed by atoms with Crippen molar-refractivity contribution < 1.29 is 4.99 Å². The van der Waals surface area contributed by atoms with E-state index in [2.05, 4.69) is 11.1 Å². The highest BCUT2D eigenvalue weighted by Gasteiger charge is 2.02. The Balaban J connectivity index is 1.95. The first-order valence-electron chi connectivity index (χ1n) is 5.84. The number of nitrogens with one attached hydrogen (secondary N) is 1. The molecule has 0 radical (unpaired) electrons. The molecule has 19 heavy (non-hydrogen) atoms. The van der Waals surface area contributed by atoms with Crippen molar-refractivity contribution in [2.24, 2.45) is 5.73 Å². The molecule has 0 fully saturated rings. The lowest BCUT2D eigenvalue weighted by atomic mass is 10.2. The molecule has 2 rings (SSSR count). The zero-order chi connectivity index (χ0) is 13.5. The molecular weight excluding hydrogens is 254 g/mol. The normalized spacial score (nSPS) is 11.0. The number of amidine groups is 1. The van der Waals surface area contributed by atoms with Gasteiger partial charge in [-0.15, -0.1) is 0 Å². The molecular formula is C15H14N3S+.